The smallest absolute Gasteiger partial charge is 0.338 e. The van der Waals surface area contributed by atoms with Gasteiger partial charge in [-0.15, -0.1) is 0 Å². The van der Waals surface area contributed by atoms with Gasteiger partial charge in [0.1, 0.15) is 0 Å². The first-order chi connectivity index (χ1) is 17.7. The van der Waals surface area contributed by atoms with Crippen molar-refractivity contribution in [3.8, 4) is 0 Å². The van der Waals surface area contributed by atoms with Crippen LogP contribution in [0.2, 0.25) is 0 Å². The van der Waals surface area contributed by atoms with Gasteiger partial charge in [0.15, 0.2) is 0 Å². The zero-order valence-corrected chi connectivity index (χ0v) is 22.3. The molecule has 2 N–H and O–H groups in total. The summed E-state index contributed by atoms with van der Waals surface area (Å²) in [6, 6.07) is 14.8. The van der Waals surface area contributed by atoms with Gasteiger partial charge in [0.25, 0.3) is 0 Å². The molecule has 0 aromatic heterocycles. The number of aromatic carboxylic acids is 1. The molecular formula is C32H40O5. The van der Waals surface area contributed by atoms with Crippen LogP contribution < -0.4 is 0 Å². The van der Waals surface area contributed by atoms with Crippen molar-refractivity contribution in [1.82, 2.24) is 0 Å². The topological polar surface area (TPSA) is 83.8 Å². The molecule has 37 heavy (non-hydrogen) atoms. The number of carbonyl (C=O) groups is 2. The first-order valence-corrected chi connectivity index (χ1v) is 13.6. The Hall–Kier alpha value is -2.92. The lowest BCUT2D eigenvalue weighted by atomic mass is 9.64. The van der Waals surface area contributed by atoms with E-state index in [1.807, 2.05) is 30.3 Å². The highest BCUT2D eigenvalue weighted by Gasteiger charge is 2.49. The number of fused-ring (bicyclic) bond motifs is 8. The zero-order valence-electron chi connectivity index (χ0n) is 22.3. The Bertz CT molecular complexity index is 1140. The number of carboxylic acid groups (broad SMARTS) is 1. The normalized spacial score (nSPS) is 28.4. The molecule has 0 amide bonds. The van der Waals surface area contributed by atoms with Crippen molar-refractivity contribution in [1.29, 1.82) is 0 Å². The molecule has 1 fully saturated rings. The third-order valence-corrected chi connectivity index (χ3v) is 8.83. The van der Waals surface area contributed by atoms with Crippen molar-refractivity contribution in [2.45, 2.75) is 77.7 Å². The summed E-state index contributed by atoms with van der Waals surface area (Å²) in [6.07, 6.45) is 7.47. The maximum absolute atomic E-state index is 12.6. The van der Waals surface area contributed by atoms with Crippen LogP contribution in [0.5, 0.6) is 0 Å². The van der Waals surface area contributed by atoms with Crippen molar-refractivity contribution < 1.29 is 24.5 Å². The Morgan fingerprint density at radius 2 is 1.86 bits per heavy atom. The second kappa shape index (κ2) is 11.6. The fourth-order valence-corrected chi connectivity index (χ4v) is 6.77. The molecule has 3 aliphatic carbocycles. The van der Waals surface area contributed by atoms with Crippen LogP contribution in [-0.4, -0.2) is 34.9 Å². The maximum atomic E-state index is 12.6. The van der Waals surface area contributed by atoms with Gasteiger partial charge < -0.3 is 14.9 Å². The molecule has 0 saturated heterocycles. The zero-order chi connectivity index (χ0) is 26.6. The van der Waals surface area contributed by atoms with Gasteiger partial charge in [0, 0.05) is 0 Å². The molecule has 0 spiro atoms. The van der Waals surface area contributed by atoms with Crippen molar-refractivity contribution in [3.63, 3.8) is 0 Å². The largest absolute Gasteiger partial charge is 0.478 e. The Morgan fingerprint density at radius 1 is 1.11 bits per heavy atom. The van der Waals surface area contributed by atoms with Gasteiger partial charge in [0.2, 0.25) is 0 Å². The Kier molecular flexibility index (Phi) is 8.53. The SMILES string of the molecule is C/C1=C/CC[C@]2(C)[C@@H]([C@H](C)COC(=O)c3ccccc3)CC[C@H]2c2ccc(cc2C(=O)O)C[C@@H](O)CC1. The lowest BCUT2D eigenvalue weighted by Gasteiger charge is -2.40. The van der Waals surface area contributed by atoms with E-state index in [1.54, 1.807) is 18.2 Å². The third-order valence-electron chi connectivity index (χ3n) is 8.83. The lowest BCUT2D eigenvalue weighted by molar-refractivity contribution is 0.0302. The van der Waals surface area contributed by atoms with Crippen LogP contribution in [0, 0.1) is 17.3 Å². The summed E-state index contributed by atoms with van der Waals surface area (Å²) >= 11 is 0. The molecule has 0 radical (unpaired) electrons. The summed E-state index contributed by atoms with van der Waals surface area (Å²) in [6.45, 7) is 6.94. The summed E-state index contributed by atoms with van der Waals surface area (Å²) < 4.78 is 5.74. The number of esters is 1. The van der Waals surface area contributed by atoms with Gasteiger partial charge in [-0.1, -0.05) is 55.8 Å². The van der Waals surface area contributed by atoms with E-state index in [2.05, 4.69) is 26.8 Å². The second-order valence-electron chi connectivity index (χ2n) is 11.4. The molecule has 5 nitrogen and oxygen atoms in total. The number of rotatable bonds is 5. The van der Waals surface area contributed by atoms with Gasteiger partial charge in [-0.3, -0.25) is 0 Å². The first kappa shape index (κ1) is 27.1. The highest BCUT2D eigenvalue weighted by molar-refractivity contribution is 5.90. The average molecular weight is 505 g/mol. The number of benzene rings is 2. The highest BCUT2D eigenvalue weighted by Crippen LogP contribution is 2.58. The van der Waals surface area contributed by atoms with Crippen LogP contribution in [0.25, 0.3) is 0 Å². The van der Waals surface area contributed by atoms with E-state index in [0.717, 1.165) is 43.2 Å². The quantitative estimate of drug-likeness (QED) is 0.345. The van der Waals surface area contributed by atoms with Gasteiger partial charge >= 0.3 is 11.9 Å². The summed E-state index contributed by atoms with van der Waals surface area (Å²) in [4.78, 5) is 25.0. The number of carbonyl (C=O) groups excluding carboxylic acids is 1. The van der Waals surface area contributed by atoms with Crippen molar-refractivity contribution in [3.05, 3.63) is 82.4 Å². The number of aliphatic hydroxyl groups is 1. The molecule has 5 heteroatoms. The molecule has 0 aliphatic heterocycles. The van der Waals surface area contributed by atoms with E-state index in [1.165, 1.54) is 5.57 Å². The number of ether oxygens (including phenoxy) is 1. The Balaban J connectivity index is 1.63. The summed E-state index contributed by atoms with van der Waals surface area (Å²) in [5, 5.41) is 20.7. The van der Waals surface area contributed by atoms with E-state index in [4.69, 9.17) is 4.74 Å². The minimum Gasteiger partial charge on any atom is -0.478 e. The van der Waals surface area contributed by atoms with Crippen LogP contribution in [0.15, 0.2) is 60.2 Å². The molecule has 1 saturated carbocycles. The Labute approximate surface area is 220 Å². The van der Waals surface area contributed by atoms with E-state index in [0.29, 0.717) is 36.5 Å². The monoisotopic (exact) mass is 504 g/mol. The van der Waals surface area contributed by atoms with E-state index in [9.17, 15) is 19.8 Å². The van der Waals surface area contributed by atoms with Gasteiger partial charge in [-0.25, -0.2) is 9.59 Å². The maximum Gasteiger partial charge on any atom is 0.338 e. The van der Waals surface area contributed by atoms with Gasteiger partial charge in [-0.05, 0) is 104 Å². The molecular weight excluding hydrogens is 464 g/mol. The second-order valence-corrected chi connectivity index (χ2v) is 11.4. The predicted octanol–water partition coefficient (Wildman–Crippen LogP) is 6.80. The van der Waals surface area contributed by atoms with Crippen molar-refractivity contribution in [2.24, 2.45) is 17.3 Å². The van der Waals surface area contributed by atoms with Crippen LogP contribution in [-0.2, 0) is 11.2 Å². The molecule has 2 aromatic carbocycles. The van der Waals surface area contributed by atoms with Crippen molar-refractivity contribution >= 4 is 11.9 Å². The minimum atomic E-state index is -0.912. The van der Waals surface area contributed by atoms with E-state index in [-0.39, 0.29) is 23.2 Å². The van der Waals surface area contributed by atoms with Gasteiger partial charge in [0.05, 0.1) is 23.8 Å². The minimum absolute atomic E-state index is 0.103. The van der Waals surface area contributed by atoms with Crippen LogP contribution in [0.1, 0.15) is 97.1 Å². The van der Waals surface area contributed by atoms with Crippen LogP contribution >= 0.6 is 0 Å². The standard InChI is InChI=1S/C32H40O5/c1-21-8-7-17-32(3)28(22(2)20-37-31(36)24-9-5-4-6-10-24)15-16-29(32)26-14-12-23(18-25(33)13-11-21)19-27(26)30(34)35/h4-6,8-10,12,14,19,22,25,28-29,33H,7,11,13,15-18,20H2,1-3H3,(H,34,35)/b21-8-/t22-,25+,28-,29+,32-/m1/s1. The summed E-state index contributed by atoms with van der Waals surface area (Å²) in [5.41, 5.74) is 3.82. The fourth-order valence-electron chi connectivity index (χ4n) is 6.77. The molecule has 2 aromatic rings. The predicted molar refractivity (Wildman–Crippen MR) is 145 cm³/mol. The number of hydrogen-bond donors (Lipinski definition) is 2. The summed E-state index contributed by atoms with van der Waals surface area (Å²) in [7, 11) is 0. The number of aliphatic hydroxyl groups excluding tert-OH is 1. The molecule has 5 atom stereocenters. The average Bonchev–Trinajstić information content (AvgIpc) is 3.22. The molecule has 3 aliphatic rings. The molecule has 2 bridgehead atoms. The summed E-state index contributed by atoms with van der Waals surface area (Å²) in [5.74, 6) is -0.667. The van der Waals surface area contributed by atoms with E-state index < -0.39 is 12.1 Å². The molecule has 0 heterocycles. The fraction of sp³-hybridized carbons (Fsp3) is 0.500. The number of carboxylic acids is 1. The first-order valence-electron chi connectivity index (χ1n) is 13.6. The number of hydrogen-bond acceptors (Lipinski definition) is 4. The van der Waals surface area contributed by atoms with Gasteiger partial charge in [-0.2, -0.15) is 0 Å². The van der Waals surface area contributed by atoms with E-state index >= 15 is 0 Å². The van der Waals surface area contributed by atoms with Crippen molar-refractivity contribution in [2.75, 3.05) is 6.61 Å². The highest BCUT2D eigenvalue weighted by atomic mass is 16.5. The van der Waals surface area contributed by atoms with Crippen LogP contribution in [0.4, 0.5) is 0 Å². The lowest BCUT2D eigenvalue weighted by Crippen LogP contribution is -2.34. The Morgan fingerprint density at radius 3 is 2.59 bits per heavy atom. The third kappa shape index (κ3) is 6.15. The van der Waals surface area contributed by atoms with Crippen LogP contribution in [0.3, 0.4) is 0 Å². The molecule has 5 rings (SSSR count). The number of allylic oxidation sites excluding steroid dienone is 2. The molecule has 198 valence electrons. The molecule has 0 unspecified atom stereocenters.